The normalized spacial score (nSPS) is 16.0. The maximum atomic E-state index is 11.7. The predicted octanol–water partition coefficient (Wildman–Crippen LogP) is 3.46. The lowest BCUT2D eigenvalue weighted by Gasteiger charge is -2.28. The molecule has 0 fully saturated rings. The highest BCUT2D eigenvalue weighted by atomic mass is 32.2. The maximum absolute atomic E-state index is 11.7. The molecule has 6 nitrogen and oxygen atoms in total. The van der Waals surface area contributed by atoms with Gasteiger partial charge in [-0.05, 0) is 72.9 Å². The zero-order chi connectivity index (χ0) is 20.3. The molecule has 2 N–H and O–H groups in total. The van der Waals surface area contributed by atoms with Crippen LogP contribution in [0.5, 0.6) is 5.75 Å². The second-order valence-corrected chi connectivity index (χ2v) is 9.31. The van der Waals surface area contributed by atoms with Gasteiger partial charge in [-0.3, -0.25) is 4.31 Å². The Balaban J connectivity index is 1.71. The lowest BCUT2D eigenvalue weighted by molar-refractivity contribution is 0.412. The molecule has 0 aromatic heterocycles. The Hall–Kier alpha value is -2.32. The minimum atomic E-state index is -3.32. The van der Waals surface area contributed by atoms with E-state index in [9.17, 15) is 8.42 Å². The van der Waals surface area contributed by atoms with Gasteiger partial charge < -0.3 is 15.4 Å². The van der Waals surface area contributed by atoms with E-state index in [1.807, 2.05) is 12.1 Å². The van der Waals surface area contributed by atoms with E-state index in [1.54, 1.807) is 25.3 Å². The highest BCUT2D eigenvalue weighted by molar-refractivity contribution is 7.92. The molecular formula is C20H25N3O3S2. The third-order valence-corrected chi connectivity index (χ3v) is 6.36. The van der Waals surface area contributed by atoms with Crippen LogP contribution in [0, 0.1) is 0 Å². The highest BCUT2D eigenvalue weighted by Crippen LogP contribution is 2.32. The number of benzene rings is 2. The van der Waals surface area contributed by atoms with Crippen LogP contribution in [-0.4, -0.2) is 33.9 Å². The summed E-state index contributed by atoms with van der Waals surface area (Å²) in [7, 11) is -0.115. The van der Waals surface area contributed by atoms with E-state index >= 15 is 0 Å². The van der Waals surface area contributed by atoms with Gasteiger partial charge in [0.2, 0.25) is 10.0 Å². The van der Waals surface area contributed by atoms with Crippen molar-refractivity contribution in [3.8, 4) is 5.75 Å². The van der Waals surface area contributed by atoms with Gasteiger partial charge in [0, 0.05) is 12.7 Å². The molecule has 2 aromatic rings. The Bertz CT molecular complexity index is 976. The molecule has 3 rings (SSSR count). The first-order valence-corrected chi connectivity index (χ1v) is 11.3. The van der Waals surface area contributed by atoms with Crippen molar-refractivity contribution in [2.45, 2.75) is 25.3 Å². The number of nitrogens with one attached hydrogen (secondary N) is 2. The van der Waals surface area contributed by atoms with Crippen LogP contribution >= 0.6 is 12.2 Å². The average Bonchev–Trinajstić information content (AvgIpc) is 2.66. The summed E-state index contributed by atoms with van der Waals surface area (Å²) in [6, 6.07) is 13.4. The number of nitrogens with zero attached hydrogens (tertiary/aromatic N) is 1. The summed E-state index contributed by atoms with van der Waals surface area (Å²) in [5.41, 5.74) is 3.83. The standard InChI is InChI=1S/C20H25N3O3S2/c1-23(28(3,24)25)16-8-5-7-15(13-16)21-20(27)22-19-9-4-6-14-12-17(26-2)10-11-18(14)19/h5,7-8,10-13,19H,4,6,9H2,1-3H3,(H2,21,22,27). The number of rotatable bonds is 5. The van der Waals surface area contributed by atoms with Gasteiger partial charge in [-0.25, -0.2) is 8.42 Å². The predicted molar refractivity (Wildman–Crippen MR) is 118 cm³/mol. The Labute approximate surface area is 171 Å². The minimum absolute atomic E-state index is 0.136. The summed E-state index contributed by atoms with van der Waals surface area (Å²) in [6.07, 6.45) is 4.28. The molecule has 2 aromatic carbocycles. The van der Waals surface area contributed by atoms with E-state index in [0.29, 0.717) is 10.8 Å². The fourth-order valence-electron chi connectivity index (χ4n) is 3.36. The van der Waals surface area contributed by atoms with Crippen molar-refractivity contribution in [3.05, 3.63) is 53.6 Å². The van der Waals surface area contributed by atoms with Gasteiger partial charge in [0.1, 0.15) is 5.75 Å². The van der Waals surface area contributed by atoms with Crippen molar-refractivity contribution >= 4 is 38.7 Å². The van der Waals surface area contributed by atoms with Gasteiger partial charge in [0.25, 0.3) is 0 Å². The van der Waals surface area contributed by atoms with Gasteiger partial charge in [-0.2, -0.15) is 0 Å². The number of ether oxygens (including phenoxy) is 1. The van der Waals surface area contributed by atoms with Crippen molar-refractivity contribution < 1.29 is 13.2 Å². The van der Waals surface area contributed by atoms with Crippen LogP contribution in [0.15, 0.2) is 42.5 Å². The van der Waals surface area contributed by atoms with E-state index in [2.05, 4.69) is 22.8 Å². The molecule has 1 aliphatic rings. The summed E-state index contributed by atoms with van der Waals surface area (Å²) < 4.78 is 30.1. The van der Waals surface area contributed by atoms with Crippen LogP contribution in [0.4, 0.5) is 11.4 Å². The number of sulfonamides is 1. The molecule has 0 saturated heterocycles. The fraction of sp³-hybridized carbons (Fsp3) is 0.350. The summed E-state index contributed by atoms with van der Waals surface area (Å²) in [4.78, 5) is 0. The first-order valence-electron chi connectivity index (χ1n) is 9.06. The van der Waals surface area contributed by atoms with Gasteiger partial charge in [-0.1, -0.05) is 12.1 Å². The fourth-order valence-corrected chi connectivity index (χ4v) is 4.12. The zero-order valence-corrected chi connectivity index (χ0v) is 17.9. The van der Waals surface area contributed by atoms with E-state index < -0.39 is 10.0 Å². The number of thiocarbonyl (C=S) groups is 1. The number of aryl methyl sites for hydroxylation is 1. The molecule has 0 amide bonds. The van der Waals surface area contributed by atoms with Crippen LogP contribution in [-0.2, 0) is 16.4 Å². The third kappa shape index (κ3) is 4.74. The molecule has 28 heavy (non-hydrogen) atoms. The second kappa shape index (κ2) is 8.36. The molecule has 8 heteroatoms. The first-order chi connectivity index (χ1) is 13.3. The second-order valence-electron chi connectivity index (χ2n) is 6.89. The van der Waals surface area contributed by atoms with Crippen LogP contribution < -0.4 is 19.7 Å². The molecular weight excluding hydrogens is 394 g/mol. The molecule has 150 valence electrons. The molecule has 1 unspecified atom stereocenters. The smallest absolute Gasteiger partial charge is 0.231 e. The van der Waals surface area contributed by atoms with E-state index in [1.165, 1.54) is 28.7 Å². The van der Waals surface area contributed by atoms with E-state index in [4.69, 9.17) is 17.0 Å². The molecule has 0 bridgehead atoms. The first kappa shape index (κ1) is 20.4. The third-order valence-electron chi connectivity index (χ3n) is 4.93. The average molecular weight is 420 g/mol. The van der Waals surface area contributed by atoms with Crippen LogP contribution in [0.2, 0.25) is 0 Å². The van der Waals surface area contributed by atoms with Gasteiger partial charge in [-0.15, -0.1) is 0 Å². The number of methoxy groups -OCH3 is 1. The van der Waals surface area contributed by atoms with E-state index in [-0.39, 0.29) is 6.04 Å². The van der Waals surface area contributed by atoms with Crippen LogP contribution in [0.3, 0.4) is 0 Å². The Morgan fingerprint density at radius 2 is 2.04 bits per heavy atom. The largest absolute Gasteiger partial charge is 0.497 e. The number of hydrogen-bond acceptors (Lipinski definition) is 4. The minimum Gasteiger partial charge on any atom is -0.497 e. The van der Waals surface area contributed by atoms with Crippen molar-refractivity contribution in [2.75, 3.05) is 30.0 Å². The van der Waals surface area contributed by atoms with Gasteiger partial charge in [0.15, 0.2) is 5.11 Å². The lowest BCUT2D eigenvalue weighted by atomic mass is 9.87. The lowest BCUT2D eigenvalue weighted by Crippen LogP contribution is -2.34. The summed E-state index contributed by atoms with van der Waals surface area (Å²) >= 11 is 5.50. The number of hydrogen-bond donors (Lipinski definition) is 2. The van der Waals surface area contributed by atoms with Gasteiger partial charge >= 0.3 is 0 Å². The molecule has 0 heterocycles. The molecule has 0 aliphatic heterocycles. The maximum Gasteiger partial charge on any atom is 0.231 e. The monoisotopic (exact) mass is 419 g/mol. The van der Waals surface area contributed by atoms with Gasteiger partial charge in [0.05, 0.1) is 25.1 Å². The highest BCUT2D eigenvalue weighted by Gasteiger charge is 2.21. The van der Waals surface area contributed by atoms with Crippen molar-refractivity contribution in [1.29, 1.82) is 0 Å². The van der Waals surface area contributed by atoms with Crippen molar-refractivity contribution in [2.24, 2.45) is 0 Å². The summed E-state index contributed by atoms with van der Waals surface area (Å²) in [5, 5.41) is 7.06. The summed E-state index contributed by atoms with van der Waals surface area (Å²) in [5.74, 6) is 0.868. The number of anilines is 2. The SMILES string of the molecule is COc1ccc2c(c1)CCCC2NC(=S)Nc1cccc(N(C)S(C)(=O)=O)c1. The Kier molecular flexibility index (Phi) is 6.10. The molecule has 0 saturated carbocycles. The molecule has 1 atom stereocenters. The molecule has 1 aliphatic carbocycles. The Morgan fingerprint density at radius 3 is 2.75 bits per heavy atom. The zero-order valence-electron chi connectivity index (χ0n) is 16.2. The molecule has 0 spiro atoms. The van der Waals surface area contributed by atoms with Crippen LogP contribution in [0.1, 0.15) is 30.0 Å². The topological polar surface area (TPSA) is 70.7 Å². The van der Waals surface area contributed by atoms with Crippen molar-refractivity contribution in [3.63, 3.8) is 0 Å². The number of fused-ring (bicyclic) bond motifs is 1. The van der Waals surface area contributed by atoms with Crippen molar-refractivity contribution in [1.82, 2.24) is 5.32 Å². The van der Waals surface area contributed by atoms with Crippen LogP contribution in [0.25, 0.3) is 0 Å². The molecule has 0 radical (unpaired) electrons. The quantitative estimate of drug-likeness (QED) is 0.724. The summed E-state index contributed by atoms with van der Waals surface area (Å²) in [6.45, 7) is 0. The van der Waals surface area contributed by atoms with E-state index in [0.717, 1.165) is 30.7 Å². The Morgan fingerprint density at radius 1 is 1.25 bits per heavy atom.